The predicted octanol–water partition coefficient (Wildman–Crippen LogP) is 4.95. The zero-order chi connectivity index (χ0) is 25.3. The van der Waals surface area contributed by atoms with E-state index in [1.54, 1.807) is 12.0 Å². The zero-order valence-corrected chi connectivity index (χ0v) is 21.7. The van der Waals surface area contributed by atoms with Crippen molar-refractivity contribution in [2.75, 3.05) is 20.3 Å². The number of rotatable bonds is 11. The third-order valence-electron chi connectivity index (χ3n) is 5.67. The molecule has 1 atom stereocenters. The van der Waals surface area contributed by atoms with Gasteiger partial charge in [-0.05, 0) is 53.1 Å². The summed E-state index contributed by atoms with van der Waals surface area (Å²) in [5.41, 5.74) is 2.15. The molecule has 6 nitrogen and oxygen atoms in total. The fraction of sp³-hybridized carbons (Fsp3) is 0.500. The Labute approximate surface area is 204 Å². The molecule has 0 fully saturated rings. The summed E-state index contributed by atoms with van der Waals surface area (Å²) in [6.07, 6.45) is 0.506. The quantitative estimate of drug-likeness (QED) is 0.507. The Morgan fingerprint density at radius 3 is 2.06 bits per heavy atom. The van der Waals surface area contributed by atoms with E-state index in [2.05, 4.69) is 26.1 Å². The number of amides is 2. The molecule has 186 valence electrons. The van der Waals surface area contributed by atoms with Crippen molar-refractivity contribution in [1.82, 2.24) is 10.2 Å². The van der Waals surface area contributed by atoms with Crippen molar-refractivity contribution < 1.29 is 19.1 Å². The third kappa shape index (κ3) is 8.08. The maximum atomic E-state index is 13.3. The summed E-state index contributed by atoms with van der Waals surface area (Å²) in [6, 6.07) is 14.7. The average Bonchev–Trinajstić information content (AvgIpc) is 2.81. The van der Waals surface area contributed by atoms with Crippen molar-refractivity contribution in [2.45, 2.75) is 66.0 Å². The number of benzene rings is 2. The second-order valence-electron chi connectivity index (χ2n) is 10.00. The number of nitrogens with one attached hydrogen (secondary N) is 1. The normalized spacial score (nSPS) is 12.2. The van der Waals surface area contributed by atoms with E-state index >= 15 is 0 Å². The van der Waals surface area contributed by atoms with Gasteiger partial charge in [-0.3, -0.25) is 9.59 Å². The SMILES string of the molecule is CCC(C(=O)NCC(C)C)N(Cc1ccc(OC)cc1)C(=O)COc1ccc(C(C)(C)C)cc1. The van der Waals surface area contributed by atoms with Gasteiger partial charge in [0.05, 0.1) is 7.11 Å². The van der Waals surface area contributed by atoms with E-state index in [1.165, 1.54) is 5.56 Å². The number of hydrogen-bond acceptors (Lipinski definition) is 4. The topological polar surface area (TPSA) is 67.9 Å². The standard InChI is InChI=1S/C28H40N2O4/c1-8-25(27(32)29-17-20(2)3)30(18-21-9-13-23(33-7)14-10-21)26(31)19-34-24-15-11-22(12-16-24)28(4,5)6/h9-16,20,25H,8,17-19H2,1-7H3,(H,29,32). The van der Waals surface area contributed by atoms with Crippen LogP contribution in [0.1, 0.15) is 59.1 Å². The first kappa shape index (κ1) is 27.2. The number of hydrogen-bond donors (Lipinski definition) is 1. The van der Waals surface area contributed by atoms with Crippen LogP contribution in [-0.2, 0) is 21.5 Å². The maximum Gasteiger partial charge on any atom is 0.261 e. The summed E-state index contributed by atoms with van der Waals surface area (Å²) in [6.45, 7) is 13.2. The van der Waals surface area contributed by atoms with E-state index in [9.17, 15) is 9.59 Å². The molecule has 0 bridgehead atoms. The van der Waals surface area contributed by atoms with Crippen molar-refractivity contribution in [3.05, 3.63) is 59.7 Å². The molecule has 1 N–H and O–H groups in total. The summed E-state index contributed by atoms with van der Waals surface area (Å²) >= 11 is 0. The molecular formula is C28H40N2O4. The highest BCUT2D eigenvalue weighted by molar-refractivity contribution is 5.88. The Kier molecular flexibility index (Phi) is 9.97. The number of nitrogens with zero attached hydrogens (tertiary/aromatic N) is 1. The van der Waals surface area contributed by atoms with Crippen LogP contribution in [0.4, 0.5) is 0 Å². The van der Waals surface area contributed by atoms with Gasteiger partial charge in [0.1, 0.15) is 17.5 Å². The van der Waals surface area contributed by atoms with E-state index in [0.717, 1.165) is 11.3 Å². The predicted molar refractivity (Wildman–Crippen MR) is 136 cm³/mol. The van der Waals surface area contributed by atoms with Gasteiger partial charge in [-0.15, -0.1) is 0 Å². The second-order valence-corrected chi connectivity index (χ2v) is 10.00. The van der Waals surface area contributed by atoms with Crippen LogP contribution in [0.5, 0.6) is 11.5 Å². The van der Waals surface area contributed by atoms with Gasteiger partial charge >= 0.3 is 0 Å². The largest absolute Gasteiger partial charge is 0.497 e. The lowest BCUT2D eigenvalue weighted by Crippen LogP contribution is -2.50. The molecule has 0 spiro atoms. The monoisotopic (exact) mass is 468 g/mol. The van der Waals surface area contributed by atoms with Crippen LogP contribution in [0.15, 0.2) is 48.5 Å². The Balaban J connectivity index is 2.18. The van der Waals surface area contributed by atoms with Crippen LogP contribution < -0.4 is 14.8 Å². The van der Waals surface area contributed by atoms with Crippen LogP contribution in [0.25, 0.3) is 0 Å². The highest BCUT2D eigenvalue weighted by Gasteiger charge is 2.29. The molecule has 34 heavy (non-hydrogen) atoms. The Hall–Kier alpha value is -3.02. The number of carbonyl (C=O) groups excluding carboxylic acids is 2. The smallest absolute Gasteiger partial charge is 0.261 e. The van der Waals surface area contributed by atoms with Crippen molar-refractivity contribution in [3.8, 4) is 11.5 Å². The molecule has 0 aliphatic heterocycles. The molecule has 0 saturated carbocycles. The van der Waals surface area contributed by atoms with Gasteiger partial charge in [-0.2, -0.15) is 0 Å². The summed E-state index contributed by atoms with van der Waals surface area (Å²) in [7, 11) is 1.61. The van der Waals surface area contributed by atoms with E-state index in [1.807, 2.05) is 69.3 Å². The van der Waals surface area contributed by atoms with Crippen molar-refractivity contribution in [3.63, 3.8) is 0 Å². The van der Waals surface area contributed by atoms with Crippen LogP contribution in [-0.4, -0.2) is 43.0 Å². The maximum absolute atomic E-state index is 13.3. The fourth-order valence-corrected chi connectivity index (χ4v) is 3.55. The molecule has 2 aromatic rings. The lowest BCUT2D eigenvalue weighted by Gasteiger charge is -2.31. The molecule has 2 amide bonds. The van der Waals surface area contributed by atoms with E-state index in [4.69, 9.17) is 9.47 Å². The van der Waals surface area contributed by atoms with Crippen LogP contribution in [0.3, 0.4) is 0 Å². The molecule has 0 saturated heterocycles. The minimum atomic E-state index is -0.583. The Bertz CT molecular complexity index is 915. The van der Waals surface area contributed by atoms with E-state index in [-0.39, 0.29) is 23.8 Å². The summed E-state index contributed by atoms with van der Waals surface area (Å²) in [5, 5.41) is 2.97. The molecule has 1 unspecified atom stereocenters. The molecule has 2 rings (SSSR count). The van der Waals surface area contributed by atoms with Gasteiger partial charge < -0.3 is 19.7 Å². The van der Waals surface area contributed by atoms with Crippen LogP contribution >= 0.6 is 0 Å². The molecule has 0 heterocycles. The van der Waals surface area contributed by atoms with Crippen LogP contribution in [0.2, 0.25) is 0 Å². The van der Waals surface area contributed by atoms with Crippen molar-refractivity contribution >= 4 is 11.8 Å². The molecule has 0 aliphatic rings. The molecule has 2 aromatic carbocycles. The third-order valence-corrected chi connectivity index (χ3v) is 5.67. The first-order chi connectivity index (χ1) is 16.0. The number of carbonyl (C=O) groups is 2. The van der Waals surface area contributed by atoms with Crippen molar-refractivity contribution in [1.29, 1.82) is 0 Å². The summed E-state index contributed by atoms with van der Waals surface area (Å²) < 4.78 is 11.1. The van der Waals surface area contributed by atoms with Gasteiger partial charge in [0, 0.05) is 13.1 Å². The molecular weight excluding hydrogens is 428 g/mol. The van der Waals surface area contributed by atoms with Crippen molar-refractivity contribution in [2.24, 2.45) is 5.92 Å². The number of methoxy groups -OCH3 is 1. The second kappa shape index (κ2) is 12.4. The molecule has 0 aromatic heterocycles. The Morgan fingerprint density at radius 1 is 0.971 bits per heavy atom. The Morgan fingerprint density at radius 2 is 1.56 bits per heavy atom. The molecule has 0 aliphatic carbocycles. The highest BCUT2D eigenvalue weighted by atomic mass is 16.5. The van der Waals surface area contributed by atoms with Crippen LogP contribution in [0, 0.1) is 5.92 Å². The minimum absolute atomic E-state index is 0.0429. The average molecular weight is 469 g/mol. The summed E-state index contributed by atoms with van der Waals surface area (Å²) in [5.74, 6) is 1.31. The fourth-order valence-electron chi connectivity index (χ4n) is 3.55. The zero-order valence-electron chi connectivity index (χ0n) is 21.7. The van der Waals surface area contributed by atoms with Gasteiger partial charge in [-0.25, -0.2) is 0 Å². The number of ether oxygens (including phenoxy) is 2. The van der Waals surface area contributed by atoms with Gasteiger partial charge in [0.25, 0.3) is 5.91 Å². The van der Waals surface area contributed by atoms with Gasteiger partial charge in [0.2, 0.25) is 5.91 Å². The first-order valence-electron chi connectivity index (χ1n) is 12.0. The lowest BCUT2D eigenvalue weighted by molar-refractivity contribution is -0.143. The van der Waals surface area contributed by atoms with E-state index < -0.39 is 6.04 Å². The van der Waals surface area contributed by atoms with Gasteiger partial charge in [-0.1, -0.05) is 65.8 Å². The minimum Gasteiger partial charge on any atom is -0.497 e. The van der Waals surface area contributed by atoms with E-state index in [0.29, 0.717) is 31.2 Å². The lowest BCUT2D eigenvalue weighted by atomic mass is 9.87. The van der Waals surface area contributed by atoms with Gasteiger partial charge in [0.15, 0.2) is 6.61 Å². The highest BCUT2D eigenvalue weighted by Crippen LogP contribution is 2.24. The first-order valence-corrected chi connectivity index (χ1v) is 12.0. The molecule has 0 radical (unpaired) electrons. The summed E-state index contributed by atoms with van der Waals surface area (Å²) in [4.78, 5) is 27.9. The molecule has 6 heteroatoms.